The summed E-state index contributed by atoms with van der Waals surface area (Å²) in [4.78, 5) is 15.1. The molecule has 1 amide bonds. The zero-order valence-electron chi connectivity index (χ0n) is 7.49. The highest BCUT2D eigenvalue weighted by molar-refractivity contribution is 9.12. The Hall–Kier alpha value is -0.540. The van der Waals surface area contributed by atoms with Crippen LogP contribution in [0.3, 0.4) is 0 Å². The van der Waals surface area contributed by atoms with Crippen molar-refractivity contribution in [2.75, 3.05) is 24.6 Å². The smallest absolute Gasteiger partial charge is 0.299 e. The van der Waals surface area contributed by atoms with Crippen LogP contribution in [0.5, 0.6) is 0 Å². The Bertz CT molecular complexity index is 379. The maximum Gasteiger partial charge on any atom is 0.299 e. The van der Waals surface area contributed by atoms with Crippen molar-refractivity contribution in [3.63, 3.8) is 0 Å². The largest absolute Gasteiger partial charge is 0.331 e. The molecule has 78 valence electrons. The minimum Gasteiger partial charge on any atom is -0.331 e. The summed E-state index contributed by atoms with van der Waals surface area (Å²) < 4.78 is 22.4. The normalized spacial score (nSPS) is 20.5. The summed E-state index contributed by atoms with van der Waals surface area (Å²) in [6, 6.07) is 0. The molecule has 0 N–H and O–H groups in total. The third-order valence-electron chi connectivity index (χ3n) is 2.00. The van der Waals surface area contributed by atoms with Crippen molar-refractivity contribution < 1.29 is 13.2 Å². The van der Waals surface area contributed by atoms with Crippen LogP contribution in [0.25, 0.3) is 0 Å². The first kappa shape index (κ1) is 11.5. The average Bonchev–Trinajstić information content (AvgIpc) is 2.27. The van der Waals surface area contributed by atoms with Crippen LogP contribution in [0.15, 0.2) is 0 Å². The molecule has 0 unspecified atom stereocenters. The molecule has 4 nitrogen and oxygen atoms in total. The molecule has 1 fully saturated rings. The Labute approximate surface area is 91.7 Å². The average molecular weight is 280 g/mol. The molecule has 0 aromatic rings. The van der Waals surface area contributed by atoms with Gasteiger partial charge in [0.1, 0.15) is 0 Å². The van der Waals surface area contributed by atoms with Crippen molar-refractivity contribution in [2.24, 2.45) is 0 Å². The molecule has 0 radical (unpaired) electrons. The van der Waals surface area contributed by atoms with Gasteiger partial charge < -0.3 is 4.90 Å². The maximum absolute atomic E-state index is 11.3. The number of carbonyl (C=O) groups excluding carboxylic acids is 1. The summed E-state index contributed by atoms with van der Waals surface area (Å²) >= 11 is 2.83. The standard InChI is InChI=1S/C8H10BrNO3S/c9-3-2-8(11)10-4-1-6-14(12,13)7-5-10/h1,4-7H2. The number of hydrogen-bond acceptors (Lipinski definition) is 3. The van der Waals surface area contributed by atoms with Gasteiger partial charge in [-0.25, -0.2) is 8.42 Å². The first-order valence-electron chi connectivity index (χ1n) is 4.16. The van der Waals surface area contributed by atoms with Gasteiger partial charge >= 0.3 is 0 Å². The number of carbonyl (C=O) groups is 1. The molecule has 1 aliphatic heterocycles. The van der Waals surface area contributed by atoms with Crippen molar-refractivity contribution in [1.29, 1.82) is 0 Å². The quantitative estimate of drug-likeness (QED) is 0.586. The molecule has 0 bridgehead atoms. The lowest BCUT2D eigenvalue weighted by atomic mass is 10.4. The first-order chi connectivity index (χ1) is 6.55. The van der Waals surface area contributed by atoms with Gasteiger partial charge in [-0.05, 0) is 11.3 Å². The Morgan fingerprint density at radius 1 is 1.29 bits per heavy atom. The summed E-state index contributed by atoms with van der Waals surface area (Å²) in [5.74, 6) is 2.22. The summed E-state index contributed by atoms with van der Waals surface area (Å²) in [5.41, 5.74) is 0. The Balaban J connectivity index is 2.66. The Morgan fingerprint density at radius 2 is 2.00 bits per heavy atom. The molecular formula is C8H10BrNO3S. The molecular weight excluding hydrogens is 270 g/mol. The van der Waals surface area contributed by atoms with Crippen molar-refractivity contribution in [1.82, 2.24) is 4.90 Å². The molecule has 0 saturated carbocycles. The second kappa shape index (κ2) is 4.80. The van der Waals surface area contributed by atoms with Crippen LogP contribution < -0.4 is 0 Å². The lowest BCUT2D eigenvalue weighted by Gasteiger charge is -2.15. The van der Waals surface area contributed by atoms with Crippen LogP contribution in [0, 0.1) is 10.8 Å². The fraction of sp³-hybridized carbons (Fsp3) is 0.625. The van der Waals surface area contributed by atoms with Gasteiger partial charge in [0.05, 0.1) is 11.5 Å². The van der Waals surface area contributed by atoms with E-state index in [1.165, 1.54) is 4.90 Å². The lowest BCUT2D eigenvalue weighted by Crippen LogP contribution is -2.32. The predicted molar refractivity (Wildman–Crippen MR) is 56.6 cm³/mol. The van der Waals surface area contributed by atoms with E-state index >= 15 is 0 Å². The van der Waals surface area contributed by atoms with E-state index in [-0.39, 0.29) is 24.0 Å². The zero-order valence-corrected chi connectivity index (χ0v) is 9.90. The summed E-state index contributed by atoms with van der Waals surface area (Å²) in [7, 11) is -2.95. The van der Waals surface area contributed by atoms with E-state index in [0.29, 0.717) is 13.0 Å². The predicted octanol–water partition coefficient (Wildman–Crippen LogP) is -0.0107. The van der Waals surface area contributed by atoms with E-state index in [4.69, 9.17) is 0 Å². The molecule has 0 aliphatic carbocycles. The van der Waals surface area contributed by atoms with Gasteiger partial charge in [-0.2, -0.15) is 0 Å². The molecule has 6 heteroatoms. The molecule has 1 heterocycles. The van der Waals surface area contributed by atoms with Gasteiger partial charge in [0.2, 0.25) is 0 Å². The van der Waals surface area contributed by atoms with Crippen molar-refractivity contribution in [2.45, 2.75) is 6.42 Å². The van der Waals surface area contributed by atoms with Crippen LogP contribution in [-0.4, -0.2) is 43.8 Å². The zero-order chi connectivity index (χ0) is 10.6. The fourth-order valence-electron chi connectivity index (χ4n) is 1.26. The van der Waals surface area contributed by atoms with E-state index in [1.54, 1.807) is 0 Å². The first-order valence-corrected chi connectivity index (χ1v) is 6.77. The molecule has 1 rings (SSSR count). The second-order valence-electron chi connectivity index (χ2n) is 3.02. The molecule has 0 aromatic heterocycles. The van der Waals surface area contributed by atoms with E-state index in [2.05, 4.69) is 26.7 Å². The van der Waals surface area contributed by atoms with Gasteiger partial charge in [0, 0.05) is 34.9 Å². The molecule has 1 saturated heterocycles. The van der Waals surface area contributed by atoms with Crippen LogP contribution >= 0.6 is 15.9 Å². The van der Waals surface area contributed by atoms with Gasteiger partial charge in [-0.1, -0.05) is 0 Å². The lowest BCUT2D eigenvalue weighted by molar-refractivity contribution is -0.124. The number of nitrogens with zero attached hydrogens (tertiary/aromatic N) is 1. The van der Waals surface area contributed by atoms with Crippen LogP contribution in [-0.2, 0) is 14.6 Å². The van der Waals surface area contributed by atoms with Crippen LogP contribution in [0.2, 0.25) is 0 Å². The number of rotatable bonds is 0. The van der Waals surface area contributed by atoms with Crippen molar-refractivity contribution in [3.05, 3.63) is 0 Å². The minimum atomic E-state index is -2.95. The number of sulfone groups is 1. The van der Waals surface area contributed by atoms with Gasteiger partial charge in [0.25, 0.3) is 5.91 Å². The molecule has 0 spiro atoms. The SMILES string of the molecule is O=C(C#CBr)N1CCCS(=O)(=O)CC1. The summed E-state index contributed by atoms with van der Waals surface area (Å²) in [6.07, 6.45) is 0.498. The highest BCUT2D eigenvalue weighted by atomic mass is 79.9. The fourth-order valence-corrected chi connectivity index (χ4v) is 2.70. The topological polar surface area (TPSA) is 54.5 Å². The minimum absolute atomic E-state index is 0.0444. The molecule has 1 aliphatic rings. The third kappa shape index (κ3) is 3.31. The highest BCUT2D eigenvalue weighted by Gasteiger charge is 2.21. The molecule has 0 atom stereocenters. The third-order valence-corrected chi connectivity index (χ3v) is 3.91. The Kier molecular flexibility index (Phi) is 3.96. The van der Waals surface area contributed by atoms with Crippen LogP contribution in [0.1, 0.15) is 6.42 Å². The van der Waals surface area contributed by atoms with Gasteiger partial charge in [-0.15, -0.1) is 0 Å². The van der Waals surface area contributed by atoms with Gasteiger partial charge in [0.15, 0.2) is 9.84 Å². The molecule has 14 heavy (non-hydrogen) atoms. The number of amides is 1. The van der Waals surface area contributed by atoms with Crippen LogP contribution in [0.4, 0.5) is 0 Å². The molecule has 0 aromatic carbocycles. The van der Waals surface area contributed by atoms with E-state index in [1.807, 2.05) is 0 Å². The number of hydrogen-bond donors (Lipinski definition) is 0. The number of halogens is 1. The second-order valence-corrected chi connectivity index (χ2v) is 5.72. The summed E-state index contributed by atoms with van der Waals surface area (Å²) in [6.45, 7) is 0.725. The van der Waals surface area contributed by atoms with Gasteiger partial charge in [-0.3, -0.25) is 4.79 Å². The maximum atomic E-state index is 11.3. The highest BCUT2D eigenvalue weighted by Crippen LogP contribution is 2.04. The monoisotopic (exact) mass is 279 g/mol. The van der Waals surface area contributed by atoms with Crippen molar-refractivity contribution in [3.8, 4) is 10.8 Å². The van der Waals surface area contributed by atoms with E-state index in [0.717, 1.165) is 0 Å². The summed E-state index contributed by atoms with van der Waals surface area (Å²) in [5, 5.41) is 0. The van der Waals surface area contributed by atoms with E-state index < -0.39 is 9.84 Å². The Morgan fingerprint density at radius 3 is 2.64 bits per heavy atom. The van der Waals surface area contributed by atoms with E-state index in [9.17, 15) is 13.2 Å². The van der Waals surface area contributed by atoms with Crippen molar-refractivity contribution >= 4 is 31.7 Å².